The number of rotatable bonds is 3. The first kappa shape index (κ1) is 14.6. The highest BCUT2D eigenvalue weighted by Crippen LogP contribution is 2.49. The molecule has 1 fully saturated rings. The van der Waals surface area contributed by atoms with Crippen LogP contribution in [0.4, 0.5) is 5.69 Å². The van der Waals surface area contributed by atoms with Crippen molar-refractivity contribution in [3.05, 3.63) is 53.6 Å². The van der Waals surface area contributed by atoms with Crippen LogP contribution in [0.2, 0.25) is 0 Å². The van der Waals surface area contributed by atoms with Gasteiger partial charge >= 0.3 is 0 Å². The lowest BCUT2D eigenvalue weighted by atomic mass is 10.1. The van der Waals surface area contributed by atoms with E-state index in [0.29, 0.717) is 24.5 Å². The molecule has 1 saturated carbocycles. The van der Waals surface area contributed by atoms with E-state index in [1.165, 1.54) is 0 Å². The molecular formula is C19H16N2O3. The first-order chi connectivity index (χ1) is 11.8. The molecule has 0 spiro atoms. The van der Waals surface area contributed by atoms with Crippen LogP contribution in [0.5, 0.6) is 11.5 Å². The minimum Gasteiger partial charge on any atom is -0.486 e. The van der Waals surface area contributed by atoms with Gasteiger partial charge in [-0.25, -0.2) is 0 Å². The molecule has 2 aromatic carbocycles. The Morgan fingerprint density at radius 3 is 2.75 bits per heavy atom. The fourth-order valence-electron chi connectivity index (χ4n) is 3.06. The Morgan fingerprint density at radius 2 is 1.92 bits per heavy atom. The Bertz CT molecular complexity index is 841. The van der Waals surface area contributed by atoms with Crippen molar-refractivity contribution in [2.45, 2.75) is 12.3 Å². The summed E-state index contributed by atoms with van der Waals surface area (Å²) in [7, 11) is 0. The molecule has 1 amide bonds. The fraction of sp³-hybridized carbons (Fsp3) is 0.263. The Morgan fingerprint density at radius 1 is 1.12 bits per heavy atom. The van der Waals surface area contributed by atoms with Crippen molar-refractivity contribution in [3.8, 4) is 17.6 Å². The molecule has 4 rings (SSSR count). The van der Waals surface area contributed by atoms with Crippen LogP contribution in [0.1, 0.15) is 23.5 Å². The first-order valence-electron chi connectivity index (χ1n) is 7.96. The number of amides is 1. The summed E-state index contributed by atoms with van der Waals surface area (Å²) in [4.78, 5) is 12.4. The van der Waals surface area contributed by atoms with E-state index in [1.54, 1.807) is 18.2 Å². The normalized spacial score (nSPS) is 20.8. The van der Waals surface area contributed by atoms with Gasteiger partial charge in [0.2, 0.25) is 5.91 Å². The van der Waals surface area contributed by atoms with Gasteiger partial charge in [-0.3, -0.25) is 4.79 Å². The van der Waals surface area contributed by atoms with Gasteiger partial charge in [-0.1, -0.05) is 18.2 Å². The second-order valence-electron chi connectivity index (χ2n) is 6.00. The Hall–Kier alpha value is -3.00. The van der Waals surface area contributed by atoms with Gasteiger partial charge in [-0.2, -0.15) is 5.26 Å². The summed E-state index contributed by atoms with van der Waals surface area (Å²) in [5, 5.41) is 12.0. The molecule has 2 aliphatic rings. The standard InChI is InChI=1S/C19H16N2O3/c20-11-13-3-1-2-4-16(13)21-19(22)15-10-14(15)12-5-6-17-18(9-12)24-8-7-23-17/h1-6,9,14-15H,7-8,10H2,(H,21,22)/t14-,15+/m0/s1. The van der Waals surface area contributed by atoms with E-state index in [-0.39, 0.29) is 17.7 Å². The van der Waals surface area contributed by atoms with Gasteiger partial charge in [-0.15, -0.1) is 0 Å². The van der Waals surface area contributed by atoms with Crippen molar-refractivity contribution in [1.82, 2.24) is 0 Å². The quantitative estimate of drug-likeness (QED) is 0.943. The van der Waals surface area contributed by atoms with Crippen LogP contribution in [-0.2, 0) is 4.79 Å². The number of fused-ring (bicyclic) bond motifs is 1. The molecule has 24 heavy (non-hydrogen) atoms. The highest BCUT2D eigenvalue weighted by Gasteiger charge is 2.44. The van der Waals surface area contributed by atoms with E-state index in [9.17, 15) is 4.79 Å². The van der Waals surface area contributed by atoms with Crippen molar-refractivity contribution in [2.24, 2.45) is 5.92 Å². The van der Waals surface area contributed by atoms with E-state index >= 15 is 0 Å². The van der Waals surface area contributed by atoms with Crippen LogP contribution >= 0.6 is 0 Å². The summed E-state index contributed by atoms with van der Waals surface area (Å²) < 4.78 is 11.1. The van der Waals surface area contributed by atoms with Crippen LogP contribution in [0.25, 0.3) is 0 Å². The topological polar surface area (TPSA) is 71.4 Å². The second kappa shape index (κ2) is 5.89. The molecule has 5 nitrogen and oxygen atoms in total. The van der Waals surface area contributed by atoms with Crippen LogP contribution in [0.3, 0.4) is 0 Å². The molecule has 1 aliphatic heterocycles. The molecule has 2 aromatic rings. The first-order valence-corrected chi connectivity index (χ1v) is 7.96. The molecule has 0 radical (unpaired) electrons. The Kier molecular flexibility index (Phi) is 3.58. The molecule has 1 heterocycles. The summed E-state index contributed by atoms with van der Waals surface area (Å²) in [6.45, 7) is 1.12. The molecule has 0 bridgehead atoms. The van der Waals surface area contributed by atoms with E-state index < -0.39 is 0 Å². The van der Waals surface area contributed by atoms with Crippen LogP contribution in [0, 0.1) is 17.2 Å². The van der Waals surface area contributed by atoms with Crippen molar-refractivity contribution >= 4 is 11.6 Å². The second-order valence-corrected chi connectivity index (χ2v) is 6.00. The average Bonchev–Trinajstić information content (AvgIpc) is 3.43. The fourth-order valence-corrected chi connectivity index (χ4v) is 3.06. The largest absolute Gasteiger partial charge is 0.486 e. The lowest BCUT2D eigenvalue weighted by molar-refractivity contribution is -0.117. The number of nitriles is 1. The van der Waals surface area contributed by atoms with Crippen molar-refractivity contribution in [2.75, 3.05) is 18.5 Å². The summed E-state index contributed by atoms with van der Waals surface area (Å²) in [5.74, 6) is 1.58. The number of benzene rings is 2. The molecular weight excluding hydrogens is 304 g/mol. The Labute approximate surface area is 139 Å². The molecule has 1 aliphatic carbocycles. The highest BCUT2D eigenvalue weighted by atomic mass is 16.6. The van der Waals surface area contributed by atoms with Crippen molar-refractivity contribution < 1.29 is 14.3 Å². The third-order valence-corrected chi connectivity index (χ3v) is 4.43. The number of carbonyl (C=O) groups excluding carboxylic acids is 1. The lowest BCUT2D eigenvalue weighted by Gasteiger charge is -2.18. The van der Waals surface area contributed by atoms with Gasteiger partial charge in [0.1, 0.15) is 19.3 Å². The highest BCUT2D eigenvalue weighted by molar-refractivity contribution is 5.96. The maximum absolute atomic E-state index is 12.4. The Balaban J connectivity index is 1.46. The van der Waals surface area contributed by atoms with Gasteiger partial charge in [-0.05, 0) is 42.2 Å². The summed E-state index contributed by atoms with van der Waals surface area (Å²) >= 11 is 0. The van der Waals surface area contributed by atoms with Gasteiger partial charge in [0.05, 0.1) is 11.3 Å². The molecule has 2 atom stereocenters. The zero-order valence-electron chi connectivity index (χ0n) is 13.0. The van der Waals surface area contributed by atoms with E-state index in [2.05, 4.69) is 11.4 Å². The zero-order chi connectivity index (χ0) is 16.5. The van der Waals surface area contributed by atoms with Crippen molar-refractivity contribution in [1.29, 1.82) is 5.26 Å². The number of carbonyl (C=O) groups is 1. The minimum atomic E-state index is -0.0701. The van der Waals surface area contributed by atoms with Crippen LogP contribution < -0.4 is 14.8 Å². The molecule has 120 valence electrons. The number of hydrogen-bond donors (Lipinski definition) is 1. The molecule has 0 saturated heterocycles. The molecule has 1 N–H and O–H groups in total. The molecule has 0 unspecified atom stereocenters. The van der Waals surface area contributed by atoms with Crippen LogP contribution in [0.15, 0.2) is 42.5 Å². The van der Waals surface area contributed by atoms with Crippen LogP contribution in [-0.4, -0.2) is 19.1 Å². The number of ether oxygens (including phenoxy) is 2. The minimum absolute atomic E-state index is 0.0439. The zero-order valence-corrected chi connectivity index (χ0v) is 13.0. The molecule has 5 heteroatoms. The summed E-state index contributed by atoms with van der Waals surface area (Å²) in [6, 6.07) is 15.0. The van der Waals surface area contributed by atoms with E-state index in [4.69, 9.17) is 14.7 Å². The predicted octanol–water partition coefficient (Wildman–Crippen LogP) is 3.07. The SMILES string of the molecule is N#Cc1ccccc1NC(=O)[C@@H]1C[C@H]1c1ccc2c(c1)OCCO2. The third kappa shape index (κ3) is 2.67. The number of nitrogens with one attached hydrogen (secondary N) is 1. The van der Waals surface area contributed by atoms with Gasteiger partial charge in [0, 0.05) is 5.92 Å². The summed E-state index contributed by atoms with van der Waals surface area (Å²) in [6.07, 6.45) is 0.806. The van der Waals surface area contributed by atoms with Gasteiger partial charge in [0.15, 0.2) is 11.5 Å². The maximum Gasteiger partial charge on any atom is 0.228 e. The number of hydrogen-bond acceptors (Lipinski definition) is 4. The molecule has 0 aromatic heterocycles. The maximum atomic E-state index is 12.4. The van der Waals surface area contributed by atoms with E-state index in [1.807, 2.05) is 24.3 Å². The smallest absolute Gasteiger partial charge is 0.228 e. The van der Waals surface area contributed by atoms with Gasteiger partial charge < -0.3 is 14.8 Å². The third-order valence-electron chi connectivity index (χ3n) is 4.43. The number of anilines is 1. The summed E-state index contributed by atoms with van der Waals surface area (Å²) in [5.41, 5.74) is 2.13. The average molecular weight is 320 g/mol. The van der Waals surface area contributed by atoms with Crippen molar-refractivity contribution in [3.63, 3.8) is 0 Å². The van der Waals surface area contributed by atoms with E-state index in [0.717, 1.165) is 23.5 Å². The number of para-hydroxylation sites is 1. The van der Waals surface area contributed by atoms with Gasteiger partial charge in [0.25, 0.3) is 0 Å². The number of nitrogens with zero attached hydrogens (tertiary/aromatic N) is 1. The monoisotopic (exact) mass is 320 g/mol. The lowest BCUT2D eigenvalue weighted by Crippen LogP contribution is -2.16. The predicted molar refractivity (Wildman–Crippen MR) is 88.1 cm³/mol.